The Balaban J connectivity index is 1.75. The van der Waals surface area contributed by atoms with E-state index < -0.39 is 0 Å². The van der Waals surface area contributed by atoms with Gasteiger partial charge in [-0.3, -0.25) is 4.79 Å². The molecule has 0 spiro atoms. The summed E-state index contributed by atoms with van der Waals surface area (Å²) in [5.41, 5.74) is 3.74. The first-order valence-corrected chi connectivity index (χ1v) is 7.65. The highest BCUT2D eigenvalue weighted by molar-refractivity contribution is 7.13. The molecule has 1 aliphatic rings. The minimum Gasteiger partial charge on any atom is -0.365 e. The molecule has 2 aromatic rings. The standard InChI is InChI=1S/C15H17N3OS/c1-11(19)16-15-17-13(10-20-15)9-18-8-4-6-12-5-2-3-7-14(12)18/h2-3,5,7,10H,4,6,8-9H2,1H3,(H,16,17,19). The van der Waals surface area contributed by atoms with Crippen molar-refractivity contribution in [1.82, 2.24) is 4.98 Å². The van der Waals surface area contributed by atoms with E-state index >= 15 is 0 Å². The Morgan fingerprint density at radius 2 is 2.30 bits per heavy atom. The molecule has 1 amide bonds. The molecule has 1 aromatic carbocycles. The topological polar surface area (TPSA) is 45.2 Å². The van der Waals surface area contributed by atoms with Crippen molar-refractivity contribution in [3.8, 4) is 0 Å². The lowest BCUT2D eigenvalue weighted by atomic mass is 10.0. The van der Waals surface area contributed by atoms with Crippen molar-refractivity contribution >= 4 is 28.1 Å². The number of nitrogens with one attached hydrogen (secondary N) is 1. The van der Waals surface area contributed by atoms with Crippen LogP contribution in [0.1, 0.15) is 24.6 Å². The maximum Gasteiger partial charge on any atom is 0.223 e. The molecule has 4 nitrogen and oxygen atoms in total. The Morgan fingerprint density at radius 1 is 1.45 bits per heavy atom. The molecular weight excluding hydrogens is 270 g/mol. The third kappa shape index (κ3) is 2.82. The molecule has 104 valence electrons. The first kappa shape index (κ1) is 13.1. The molecule has 0 saturated carbocycles. The van der Waals surface area contributed by atoms with Crippen molar-refractivity contribution in [3.63, 3.8) is 0 Å². The SMILES string of the molecule is CC(=O)Nc1nc(CN2CCCc3ccccc32)cs1. The molecule has 0 fully saturated rings. The van der Waals surface area contributed by atoms with Crippen molar-refractivity contribution in [2.75, 3.05) is 16.8 Å². The van der Waals surface area contributed by atoms with Crippen LogP contribution in [0.15, 0.2) is 29.6 Å². The van der Waals surface area contributed by atoms with Crippen molar-refractivity contribution in [3.05, 3.63) is 40.9 Å². The summed E-state index contributed by atoms with van der Waals surface area (Å²) in [5, 5.41) is 5.43. The number of aromatic nitrogens is 1. The van der Waals surface area contributed by atoms with E-state index in [0.717, 1.165) is 25.2 Å². The first-order chi connectivity index (χ1) is 9.72. The quantitative estimate of drug-likeness (QED) is 0.943. The van der Waals surface area contributed by atoms with Gasteiger partial charge in [0.1, 0.15) is 0 Å². The molecule has 5 heteroatoms. The summed E-state index contributed by atoms with van der Waals surface area (Å²) in [7, 11) is 0. The van der Waals surface area contributed by atoms with Crippen LogP contribution >= 0.6 is 11.3 Å². The lowest BCUT2D eigenvalue weighted by molar-refractivity contribution is -0.114. The molecule has 0 unspecified atom stereocenters. The van der Waals surface area contributed by atoms with Crippen molar-refractivity contribution < 1.29 is 4.79 Å². The summed E-state index contributed by atoms with van der Waals surface area (Å²) in [6.07, 6.45) is 2.33. The van der Waals surface area contributed by atoms with E-state index in [1.54, 1.807) is 0 Å². The minimum atomic E-state index is -0.0748. The van der Waals surface area contributed by atoms with Gasteiger partial charge >= 0.3 is 0 Å². The molecule has 0 radical (unpaired) electrons. The maximum absolute atomic E-state index is 11.0. The van der Waals surface area contributed by atoms with E-state index in [0.29, 0.717) is 5.13 Å². The summed E-state index contributed by atoms with van der Waals surface area (Å²) < 4.78 is 0. The molecule has 1 aliphatic heterocycles. The highest BCUT2D eigenvalue weighted by Gasteiger charge is 2.17. The number of carbonyl (C=O) groups is 1. The van der Waals surface area contributed by atoms with Crippen LogP contribution in [-0.2, 0) is 17.8 Å². The van der Waals surface area contributed by atoms with Gasteiger partial charge < -0.3 is 10.2 Å². The van der Waals surface area contributed by atoms with Crippen LogP contribution in [0.2, 0.25) is 0 Å². The van der Waals surface area contributed by atoms with Crippen molar-refractivity contribution in [1.29, 1.82) is 0 Å². The number of amides is 1. The number of fused-ring (bicyclic) bond motifs is 1. The van der Waals surface area contributed by atoms with Gasteiger partial charge in [-0.2, -0.15) is 0 Å². The number of thiazole rings is 1. The van der Waals surface area contributed by atoms with Gasteiger partial charge in [0.05, 0.1) is 12.2 Å². The number of benzene rings is 1. The summed E-state index contributed by atoms with van der Waals surface area (Å²) >= 11 is 1.48. The lowest BCUT2D eigenvalue weighted by Crippen LogP contribution is -2.28. The molecule has 1 N–H and O–H groups in total. The Kier molecular flexibility index (Phi) is 3.69. The Bertz CT molecular complexity index is 623. The predicted molar refractivity (Wildman–Crippen MR) is 82.2 cm³/mol. The van der Waals surface area contributed by atoms with Gasteiger partial charge in [0.2, 0.25) is 5.91 Å². The first-order valence-electron chi connectivity index (χ1n) is 6.77. The van der Waals surface area contributed by atoms with Gasteiger partial charge in [0.15, 0.2) is 5.13 Å². The number of hydrogen-bond acceptors (Lipinski definition) is 4. The molecule has 0 bridgehead atoms. The van der Waals surface area contributed by atoms with E-state index in [1.165, 1.54) is 35.9 Å². The number of nitrogens with zero attached hydrogens (tertiary/aromatic N) is 2. The maximum atomic E-state index is 11.0. The van der Waals surface area contributed by atoms with Crippen LogP contribution in [-0.4, -0.2) is 17.4 Å². The second kappa shape index (κ2) is 5.63. The van der Waals surface area contributed by atoms with Gasteiger partial charge in [-0.25, -0.2) is 4.98 Å². The summed E-state index contributed by atoms with van der Waals surface area (Å²) in [6, 6.07) is 8.56. The zero-order chi connectivity index (χ0) is 13.9. The largest absolute Gasteiger partial charge is 0.365 e. The number of aryl methyl sites for hydroxylation is 1. The normalized spacial score (nSPS) is 13.9. The zero-order valence-electron chi connectivity index (χ0n) is 11.4. The second-order valence-electron chi connectivity index (χ2n) is 4.98. The van der Waals surface area contributed by atoms with Crippen LogP contribution in [0.4, 0.5) is 10.8 Å². The van der Waals surface area contributed by atoms with E-state index in [-0.39, 0.29) is 5.91 Å². The average Bonchev–Trinajstić information content (AvgIpc) is 2.86. The third-order valence-corrected chi connectivity index (χ3v) is 4.20. The van der Waals surface area contributed by atoms with E-state index in [2.05, 4.69) is 39.5 Å². The molecular formula is C15H17N3OS. The van der Waals surface area contributed by atoms with E-state index in [9.17, 15) is 4.79 Å². The Labute approximate surface area is 122 Å². The number of rotatable bonds is 3. The smallest absolute Gasteiger partial charge is 0.223 e. The fraction of sp³-hybridized carbons (Fsp3) is 0.333. The number of carbonyl (C=O) groups excluding carboxylic acids is 1. The number of hydrogen-bond donors (Lipinski definition) is 1. The molecule has 3 rings (SSSR count). The Morgan fingerprint density at radius 3 is 3.15 bits per heavy atom. The molecule has 0 atom stereocenters. The predicted octanol–water partition coefficient (Wildman–Crippen LogP) is 3.05. The Hall–Kier alpha value is -1.88. The van der Waals surface area contributed by atoms with Gasteiger partial charge in [0, 0.05) is 24.5 Å². The highest BCUT2D eigenvalue weighted by Crippen LogP contribution is 2.28. The second-order valence-corrected chi connectivity index (χ2v) is 5.84. The molecule has 1 aromatic heterocycles. The highest BCUT2D eigenvalue weighted by atomic mass is 32.1. The summed E-state index contributed by atoms with van der Waals surface area (Å²) in [6.45, 7) is 3.36. The van der Waals surface area contributed by atoms with Crippen LogP contribution in [0.25, 0.3) is 0 Å². The molecule has 20 heavy (non-hydrogen) atoms. The molecule has 2 heterocycles. The third-order valence-electron chi connectivity index (χ3n) is 3.39. The van der Waals surface area contributed by atoms with Gasteiger partial charge in [-0.15, -0.1) is 11.3 Å². The van der Waals surface area contributed by atoms with Gasteiger partial charge in [-0.1, -0.05) is 18.2 Å². The van der Waals surface area contributed by atoms with Crippen LogP contribution < -0.4 is 10.2 Å². The van der Waals surface area contributed by atoms with Crippen LogP contribution in [0.3, 0.4) is 0 Å². The summed E-state index contributed by atoms with van der Waals surface area (Å²) in [4.78, 5) is 17.9. The summed E-state index contributed by atoms with van der Waals surface area (Å²) in [5.74, 6) is -0.0748. The van der Waals surface area contributed by atoms with Crippen LogP contribution in [0, 0.1) is 0 Å². The molecule has 0 aliphatic carbocycles. The zero-order valence-corrected chi connectivity index (χ0v) is 12.2. The number of para-hydroxylation sites is 1. The van der Waals surface area contributed by atoms with Crippen molar-refractivity contribution in [2.24, 2.45) is 0 Å². The minimum absolute atomic E-state index is 0.0748. The van der Waals surface area contributed by atoms with E-state index in [4.69, 9.17) is 0 Å². The van der Waals surface area contributed by atoms with Crippen molar-refractivity contribution in [2.45, 2.75) is 26.3 Å². The van der Waals surface area contributed by atoms with Gasteiger partial charge in [-0.05, 0) is 24.5 Å². The van der Waals surface area contributed by atoms with Crippen LogP contribution in [0.5, 0.6) is 0 Å². The number of anilines is 2. The monoisotopic (exact) mass is 287 g/mol. The molecule has 0 saturated heterocycles. The lowest BCUT2D eigenvalue weighted by Gasteiger charge is -2.30. The van der Waals surface area contributed by atoms with Gasteiger partial charge in [0.25, 0.3) is 0 Å². The fourth-order valence-electron chi connectivity index (χ4n) is 2.56. The average molecular weight is 287 g/mol. The van der Waals surface area contributed by atoms with E-state index in [1.807, 2.05) is 5.38 Å². The fourth-order valence-corrected chi connectivity index (χ4v) is 3.31.